The first-order valence-electron chi connectivity index (χ1n) is 7.31. The van der Waals surface area contributed by atoms with Crippen LogP contribution in [-0.4, -0.2) is 43.2 Å². The quantitative estimate of drug-likeness (QED) is 0.830. The van der Waals surface area contributed by atoms with E-state index in [9.17, 15) is 4.79 Å². The molecular weight excluding hydrogens is 252 g/mol. The van der Waals surface area contributed by atoms with Gasteiger partial charge in [-0.05, 0) is 30.9 Å². The van der Waals surface area contributed by atoms with Crippen molar-refractivity contribution < 1.29 is 9.53 Å². The van der Waals surface area contributed by atoms with Gasteiger partial charge in [-0.2, -0.15) is 0 Å². The lowest BCUT2D eigenvalue weighted by atomic mass is 9.84. The second-order valence-electron chi connectivity index (χ2n) is 6.10. The highest BCUT2D eigenvalue weighted by Gasteiger charge is 2.46. The van der Waals surface area contributed by atoms with Crippen LogP contribution in [0, 0.1) is 5.41 Å². The third-order valence-electron chi connectivity index (χ3n) is 4.71. The zero-order chi connectivity index (χ0) is 14.2. The fraction of sp³-hybridized carbons (Fsp3) is 0.562. The van der Waals surface area contributed by atoms with Crippen molar-refractivity contribution in [1.82, 2.24) is 4.90 Å². The van der Waals surface area contributed by atoms with E-state index in [4.69, 9.17) is 10.5 Å². The van der Waals surface area contributed by atoms with Crippen LogP contribution < -0.4 is 5.73 Å². The Labute approximate surface area is 119 Å². The number of carbonyl (C=O) groups is 1. The second-order valence-corrected chi connectivity index (χ2v) is 6.10. The second kappa shape index (κ2) is 5.19. The fourth-order valence-corrected chi connectivity index (χ4v) is 3.14. The molecule has 2 atom stereocenters. The molecule has 2 N–H and O–H groups in total. The Morgan fingerprint density at radius 1 is 1.30 bits per heavy atom. The number of benzene rings is 1. The highest BCUT2D eigenvalue weighted by Crippen LogP contribution is 2.30. The van der Waals surface area contributed by atoms with Crippen molar-refractivity contribution in [2.45, 2.75) is 25.8 Å². The van der Waals surface area contributed by atoms with E-state index in [1.54, 1.807) is 0 Å². The van der Waals surface area contributed by atoms with Gasteiger partial charge in [-0.15, -0.1) is 0 Å². The molecule has 0 aromatic heterocycles. The van der Waals surface area contributed by atoms with Gasteiger partial charge in [-0.25, -0.2) is 0 Å². The average Bonchev–Trinajstić information content (AvgIpc) is 2.69. The number of nitrogens with zero attached hydrogens (tertiary/aromatic N) is 1. The third-order valence-corrected chi connectivity index (χ3v) is 4.71. The van der Waals surface area contributed by atoms with Crippen LogP contribution in [0.1, 0.15) is 18.1 Å². The molecule has 2 unspecified atom stereocenters. The Hall–Kier alpha value is -1.39. The van der Waals surface area contributed by atoms with Gasteiger partial charge in [0.05, 0.1) is 18.6 Å². The highest BCUT2D eigenvalue weighted by atomic mass is 16.5. The SMILES string of the molecule is CC1(C(=O)N2CCc3ccccc3CC2)COCC1N. The van der Waals surface area contributed by atoms with Crippen molar-refractivity contribution in [3.63, 3.8) is 0 Å². The van der Waals surface area contributed by atoms with E-state index in [-0.39, 0.29) is 11.9 Å². The average molecular weight is 274 g/mol. The molecule has 2 heterocycles. The molecule has 4 nitrogen and oxygen atoms in total. The minimum absolute atomic E-state index is 0.148. The summed E-state index contributed by atoms with van der Waals surface area (Å²) in [6.45, 7) is 4.41. The van der Waals surface area contributed by atoms with E-state index in [0.717, 1.165) is 25.9 Å². The van der Waals surface area contributed by atoms with Crippen LogP contribution in [0.25, 0.3) is 0 Å². The summed E-state index contributed by atoms with van der Waals surface area (Å²) < 4.78 is 5.40. The van der Waals surface area contributed by atoms with Crippen LogP contribution in [0.2, 0.25) is 0 Å². The van der Waals surface area contributed by atoms with Gasteiger partial charge in [0, 0.05) is 19.1 Å². The van der Waals surface area contributed by atoms with E-state index >= 15 is 0 Å². The van der Waals surface area contributed by atoms with Crippen LogP contribution >= 0.6 is 0 Å². The van der Waals surface area contributed by atoms with Crippen LogP contribution in [-0.2, 0) is 22.4 Å². The first kappa shape index (κ1) is 13.6. The van der Waals surface area contributed by atoms with Crippen LogP contribution in [0.15, 0.2) is 24.3 Å². The summed E-state index contributed by atoms with van der Waals surface area (Å²) in [4.78, 5) is 14.8. The van der Waals surface area contributed by atoms with Gasteiger partial charge >= 0.3 is 0 Å². The van der Waals surface area contributed by atoms with E-state index in [2.05, 4.69) is 24.3 Å². The van der Waals surface area contributed by atoms with E-state index in [1.807, 2.05) is 11.8 Å². The van der Waals surface area contributed by atoms with Gasteiger partial charge in [0.1, 0.15) is 0 Å². The smallest absolute Gasteiger partial charge is 0.232 e. The highest BCUT2D eigenvalue weighted by molar-refractivity contribution is 5.84. The molecule has 1 fully saturated rings. The van der Waals surface area contributed by atoms with Gasteiger partial charge in [-0.1, -0.05) is 24.3 Å². The molecule has 108 valence electrons. The Morgan fingerprint density at radius 3 is 2.40 bits per heavy atom. The molecule has 2 aliphatic heterocycles. The summed E-state index contributed by atoms with van der Waals surface area (Å²) >= 11 is 0. The van der Waals surface area contributed by atoms with Gasteiger partial charge in [0.15, 0.2) is 0 Å². The zero-order valence-electron chi connectivity index (χ0n) is 12.0. The molecule has 0 aliphatic carbocycles. The van der Waals surface area contributed by atoms with Crippen LogP contribution in [0.4, 0.5) is 0 Å². The molecule has 2 aliphatic rings. The standard InChI is InChI=1S/C16H22N2O2/c1-16(11-20-10-14(16)17)15(19)18-8-6-12-4-2-3-5-13(12)7-9-18/h2-5,14H,6-11,17H2,1H3. The molecule has 0 saturated carbocycles. The number of ether oxygens (including phenoxy) is 1. The van der Waals surface area contributed by atoms with E-state index in [0.29, 0.717) is 13.2 Å². The topological polar surface area (TPSA) is 55.6 Å². The molecule has 1 aromatic carbocycles. The molecular formula is C16H22N2O2. The number of carbonyl (C=O) groups excluding carboxylic acids is 1. The van der Waals surface area contributed by atoms with Gasteiger partial charge in [0.25, 0.3) is 0 Å². The molecule has 1 saturated heterocycles. The van der Waals surface area contributed by atoms with Crippen molar-refractivity contribution in [1.29, 1.82) is 0 Å². The Morgan fingerprint density at radius 2 is 1.90 bits per heavy atom. The van der Waals surface area contributed by atoms with Crippen molar-refractivity contribution in [2.24, 2.45) is 11.1 Å². The Bertz CT molecular complexity index is 490. The lowest BCUT2D eigenvalue weighted by Crippen LogP contribution is -2.52. The number of hydrogen-bond acceptors (Lipinski definition) is 3. The molecule has 1 aromatic rings. The van der Waals surface area contributed by atoms with E-state index < -0.39 is 5.41 Å². The number of amides is 1. The molecule has 4 heteroatoms. The first-order chi connectivity index (χ1) is 9.61. The summed E-state index contributed by atoms with van der Waals surface area (Å²) in [6.07, 6.45) is 1.85. The van der Waals surface area contributed by atoms with Gasteiger partial charge in [-0.3, -0.25) is 4.79 Å². The van der Waals surface area contributed by atoms with Gasteiger partial charge in [0.2, 0.25) is 5.91 Å². The number of hydrogen-bond donors (Lipinski definition) is 1. The lowest BCUT2D eigenvalue weighted by Gasteiger charge is -2.32. The van der Waals surface area contributed by atoms with Crippen molar-refractivity contribution in [3.05, 3.63) is 35.4 Å². The summed E-state index contributed by atoms with van der Waals surface area (Å²) in [5.41, 5.74) is 8.23. The maximum Gasteiger partial charge on any atom is 0.232 e. The predicted molar refractivity (Wildman–Crippen MR) is 77.3 cm³/mol. The normalized spacial score (nSPS) is 29.9. The molecule has 1 amide bonds. The maximum absolute atomic E-state index is 12.8. The number of nitrogens with two attached hydrogens (primary N) is 1. The predicted octanol–water partition coefficient (Wildman–Crippen LogP) is 0.978. The fourth-order valence-electron chi connectivity index (χ4n) is 3.14. The van der Waals surface area contributed by atoms with Crippen molar-refractivity contribution >= 4 is 5.91 Å². The van der Waals surface area contributed by atoms with Crippen molar-refractivity contribution in [3.8, 4) is 0 Å². The van der Waals surface area contributed by atoms with Crippen LogP contribution in [0.3, 0.4) is 0 Å². The largest absolute Gasteiger partial charge is 0.379 e. The molecule has 0 radical (unpaired) electrons. The molecule has 3 rings (SSSR count). The lowest BCUT2D eigenvalue weighted by molar-refractivity contribution is -0.141. The van der Waals surface area contributed by atoms with Crippen LogP contribution in [0.5, 0.6) is 0 Å². The number of rotatable bonds is 1. The molecule has 20 heavy (non-hydrogen) atoms. The third kappa shape index (κ3) is 2.23. The zero-order valence-corrected chi connectivity index (χ0v) is 12.0. The Balaban J connectivity index is 1.75. The van der Waals surface area contributed by atoms with E-state index in [1.165, 1.54) is 11.1 Å². The maximum atomic E-state index is 12.8. The monoisotopic (exact) mass is 274 g/mol. The van der Waals surface area contributed by atoms with Gasteiger partial charge < -0.3 is 15.4 Å². The Kier molecular flexibility index (Phi) is 3.52. The molecule has 0 spiro atoms. The van der Waals surface area contributed by atoms with Crippen molar-refractivity contribution in [2.75, 3.05) is 26.3 Å². The first-order valence-corrected chi connectivity index (χ1v) is 7.31. The number of fused-ring (bicyclic) bond motifs is 1. The minimum Gasteiger partial charge on any atom is -0.379 e. The summed E-state index contributed by atoms with van der Waals surface area (Å²) in [6, 6.07) is 8.27. The molecule has 0 bridgehead atoms. The minimum atomic E-state index is -0.559. The summed E-state index contributed by atoms with van der Waals surface area (Å²) in [5, 5.41) is 0. The summed E-state index contributed by atoms with van der Waals surface area (Å²) in [7, 11) is 0. The summed E-state index contributed by atoms with van der Waals surface area (Å²) in [5.74, 6) is 0.148.